The third kappa shape index (κ3) is 3.03. The molecule has 1 aromatic heterocycles. The van der Waals surface area contributed by atoms with Gasteiger partial charge in [-0.05, 0) is 12.1 Å². The maximum absolute atomic E-state index is 12.7. The van der Waals surface area contributed by atoms with E-state index in [1.807, 2.05) is 40.7 Å². The number of anilines is 1. The molecule has 1 amide bonds. The molecule has 2 aliphatic heterocycles. The van der Waals surface area contributed by atoms with E-state index in [-0.39, 0.29) is 12.0 Å². The highest BCUT2D eigenvalue weighted by Gasteiger charge is 2.32. The highest BCUT2D eigenvalue weighted by Crippen LogP contribution is 2.35. The molecule has 1 aromatic carbocycles. The Kier molecular flexibility index (Phi) is 4.13. The number of hydrogen-bond donors (Lipinski definition) is 0. The number of fused-ring (bicyclic) bond motifs is 1. The van der Waals surface area contributed by atoms with Gasteiger partial charge in [0.2, 0.25) is 0 Å². The number of thioether (sulfide) groups is 1. The van der Waals surface area contributed by atoms with E-state index < -0.39 is 0 Å². The lowest BCUT2D eigenvalue weighted by molar-refractivity contribution is -0.138. The number of ether oxygens (including phenoxy) is 1. The van der Waals surface area contributed by atoms with Crippen molar-refractivity contribution in [1.29, 1.82) is 0 Å². The summed E-state index contributed by atoms with van der Waals surface area (Å²) in [6, 6.07) is 7.91. The van der Waals surface area contributed by atoms with Crippen molar-refractivity contribution in [2.75, 3.05) is 36.8 Å². The first-order valence-electron chi connectivity index (χ1n) is 7.63. The van der Waals surface area contributed by atoms with Crippen LogP contribution in [-0.2, 0) is 4.79 Å². The van der Waals surface area contributed by atoms with Gasteiger partial charge in [0.05, 0.1) is 0 Å². The molecule has 0 bridgehead atoms. The quantitative estimate of drug-likeness (QED) is 0.834. The molecule has 1 saturated heterocycles. The van der Waals surface area contributed by atoms with Crippen molar-refractivity contribution in [3.05, 3.63) is 35.8 Å². The van der Waals surface area contributed by atoms with Crippen LogP contribution in [0.2, 0.25) is 0 Å². The van der Waals surface area contributed by atoms with Crippen molar-refractivity contribution in [1.82, 2.24) is 9.88 Å². The third-order valence-electron chi connectivity index (χ3n) is 4.07. The lowest BCUT2D eigenvalue weighted by Crippen LogP contribution is -2.53. The van der Waals surface area contributed by atoms with E-state index in [1.165, 1.54) is 0 Å². The molecule has 0 spiro atoms. The van der Waals surface area contributed by atoms with E-state index >= 15 is 0 Å². The number of para-hydroxylation sites is 1. The summed E-state index contributed by atoms with van der Waals surface area (Å²) in [5.74, 6) is 1.61. The molecule has 0 aliphatic carbocycles. The fraction of sp³-hybridized carbons (Fsp3) is 0.375. The standard InChI is InChI=1S/C16H17N3O2S2/c20-15(13-11-23-14-4-2-1-3-12(14)21-13)18-6-8-19(9-7-18)16-17-5-10-22-16/h1-5,10,13H,6-9,11H2. The predicted octanol–water partition coefficient (Wildman–Crippen LogP) is 2.35. The Morgan fingerprint density at radius 3 is 2.83 bits per heavy atom. The molecule has 2 aromatic rings. The summed E-state index contributed by atoms with van der Waals surface area (Å²) in [4.78, 5) is 22.3. The van der Waals surface area contributed by atoms with Crippen LogP contribution in [0.15, 0.2) is 40.7 Å². The molecule has 0 saturated carbocycles. The zero-order valence-corrected chi connectivity index (χ0v) is 14.2. The van der Waals surface area contributed by atoms with Crippen molar-refractivity contribution in [2.24, 2.45) is 0 Å². The number of benzene rings is 1. The minimum Gasteiger partial charge on any atom is -0.479 e. The van der Waals surface area contributed by atoms with Crippen LogP contribution in [0.4, 0.5) is 5.13 Å². The van der Waals surface area contributed by atoms with Gasteiger partial charge in [0.1, 0.15) is 5.75 Å². The van der Waals surface area contributed by atoms with Gasteiger partial charge in [0, 0.05) is 48.4 Å². The zero-order valence-electron chi connectivity index (χ0n) is 12.6. The summed E-state index contributed by atoms with van der Waals surface area (Å²) in [7, 11) is 0. The number of piperazine rings is 1. The maximum atomic E-state index is 12.7. The van der Waals surface area contributed by atoms with Gasteiger partial charge in [-0.15, -0.1) is 23.1 Å². The summed E-state index contributed by atoms with van der Waals surface area (Å²) < 4.78 is 5.91. The molecule has 0 N–H and O–H groups in total. The number of nitrogens with zero attached hydrogens (tertiary/aromatic N) is 3. The minimum absolute atomic E-state index is 0.103. The normalized spacial score (nSPS) is 20.8. The molecule has 2 aliphatic rings. The SMILES string of the molecule is O=C(C1CSc2ccccc2O1)N1CCN(c2nccs2)CC1. The van der Waals surface area contributed by atoms with E-state index in [1.54, 1.807) is 23.1 Å². The Labute approximate surface area is 143 Å². The number of thiazole rings is 1. The number of carbonyl (C=O) groups excluding carboxylic acids is 1. The third-order valence-corrected chi connectivity index (χ3v) is 6.02. The largest absolute Gasteiger partial charge is 0.479 e. The van der Waals surface area contributed by atoms with Gasteiger partial charge in [0.25, 0.3) is 5.91 Å². The van der Waals surface area contributed by atoms with E-state index in [2.05, 4.69) is 9.88 Å². The Balaban J connectivity index is 1.37. The van der Waals surface area contributed by atoms with Crippen molar-refractivity contribution in [2.45, 2.75) is 11.0 Å². The number of rotatable bonds is 2. The molecule has 1 atom stereocenters. The van der Waals surface area contributed by atoms with Crippen LogP contribution in [0.1, 0.15) is 0 Å². The van der Waals surface area contributed by atoms with Crippen LogP contribution in [-0.4, -0.2) is 53.8 Å². The number of carbonyl (C=O) groups is 1. The molecule has 5 nitrogen and oxygen atoms in total. The topological polar surface area (TPSA) is 45.7 Å². The number of aromatic nitrogens is 1. The van der Waals surface area contributed by atoms with Gasteiger partial charge < -0.3 is 14.5 Å². The van der Waals surface area contributed by atoms with E-state index in [0.29, 0.717) is 5.75 Å². The van der Waals surface area contributed by atoms with Gasteiger partial charge in [-0.25, -0.2) is 4.98 Å². The van der Waals surface area contributed by atoms with E-state index in [0.717, 1.165) is 42.0 Å². The second-order valence-corrected chi connectivity index (χ2v) is 7.43. The molecule has 120 valence electrons. The minimum atomic E-state index is -0.374. The zero-order chi connectivity index (χ0) is 15.6. The van der Waals surface area contributed by atoms with Gasteiger partial charge in [0.15, 0.2) is 11.2 Å². The Bertz CT molecular complexity index is 684. The van der Waals surface area contributed by atoms with Crippen molar-refractivity contribution >= 4 is 34.1 Å². The fourth-order valence-electron chi connectivity index (χ4n) is 2.84. The Morgan fingerprint density at radius 1 is 1.22 bits per heavy atom. The van der Waals surface area contributed by atoms with Crippen LogP contribution < -0.4 is 9.64 Å². The Morgan fingerprint density at radius 2 is 2.04 bits per heavy atom. The fourth-order valence-corrected chi connectivity index (χ4v) is 4.51. The number of amides is 1. The molecule has 0 radical (unpaired) electrons. The lowest BCUT2D eigenvalue weighted by Gasteiger charge is -2.37. The van der Waals surface area contributed by atoms with Crippen molar-refractivity contribution in [3.63, 3.8) is 0 Å². The van der Waals surface area contributed by atoms with Crippen LogP contribution in [0.25, 0.3) is 0 Å². The van der Waals surface area contributed by atoms with Gasteiger partial charge in [-0.1, -0.05) is 12.1 Å². The first-order valence-corrected chi connectivity index (χ1v) is 9.49. The highest BCUT2D eigenvalue weighted by atomic mass is 32.2. The summed E-state index contributed by atoms with van der Waals surface area (Å²) in [6.45, 7) is 3.11. The average molecular weight is 347 g/mol. The number of hydrogen-bond acceptors (Lipinski definition) is 6. The van der Waals surface area contributed by atoms with Crippen LogP contribution in [0.5, 0.6) is 5.75 Å². The van der Waals surface area contributed by atoms with E-state index in [9.17, 15) is 4.79 Å². The first-order chi connectivity index (χ1) is 11.3. The molecule has 23 heavy (non-hydrogen) atoms. The summed E-state index contributed by atoms with van der Waals surface area (Å²) in [5.41, 5.74) is 0. The Hall–Kier alpha value is -1.73. The van der Waals surface area contributed by atoms with Crippen molar-refractivity contribution in [3.8, 4) is 5.75 Å². The van der Waals surface area contributed by atoms with Crippen LogP contribution in [0, 0.1) is 0 Å². The molecule has 1 unspecified atom stereocenters. The summed E-state index contributed by atoms with van der Waals surface area (Å²) >= 11 is 3.34. The summed E-state index contributed by atoms with van der Waals surface area (Å²) in [6.07, 6.45) is 1.45. The summed E-state index contributed by atoms with van der Waals surface area (Å²) in [5, 5.41) is 3.02. The van der Waals surface area contributed by atoms with E-state index in [4.69, 9.17) is 4.74 Å². The predicted molar refractivity (Wildman–Crippen MR) is 92.5 cm³/mol. The molecule has 1 fully saturated rings. The van der Waals surface area contributed by atoms with Gasteiger partial charge in [-0.3, -0.25) is 4.79 Å². The monoisotopic (exact) mass is 347 g/mol. The highest BCUT2D eigenvalue weighted by molar-refractivity contribution is 7.99. The second kappa shape index (κ2) is 6.41. The average Bonchev–Trinajstić information content (AvgIpc) is 3.15. The molecule has 7 heteroatoms. The lowest BCUT2D eigenvalue weighted by atomic mass is 10.2. The van der Waals surface area contributed by atoms with Crippen molar-refractivity contribution < 1.29 is 9.53 Å². The van der Waals surface area contributed by atoms with Gasteiger partial charge >= 0.3 is 0 Å². The molecular weight excluding hydrogens is 330 g/mol. The molecule has 3 heterocycles. The maximum Gasteiger partial charge on any atom is 0.264 e. The first kappa shape index (κ1) is 14.8. The second-order valence-electron chi connectivity index (χ2n) is 5.49. The van der Waals surface area contributed by atoms with Gasteiger partial charge in [-0.2, -0.15) is 0 Å². The van der Waals surface area contributed by atoms with Crippen LogP contribution in [0.3, 0.4) is 0 Å². The molecular formula is C16H17N3O2S2. The smallest absolute Gasteiger partial charge is 0.264 e. The molecule has 4 rings (SSSR count). The van der Waals surface area contributed by atoms with Crippen LogP contribution >= 0.6 is 23.1 Å².